The molecule has 0 bridgehead atoms. The number of aromatic hydroxyl groups is 1. The lowest BCUT2D eigenvalue weighted by Gasteiger charge is -2.15. The van der Waals surface area contributed by atoms with Crippen LogP contribution in [0.2, 0.25) is 0 Å². The lowest BCUT2D eigenvalue weighted by atomic mass is 10.1. The average Bonchev–Trinajstić information content (AvgIpc) is 2.09. The van der Waals surface area contributed by atoms with E-state index in [1.807, 2.05) is 0 Å². The molecule has 0 spiro atoms. The maximum absolute atomic E-state index is 13.1. The summed E-state index contributed by atoms with van der Waals surface area (Å²) in [5.74, 6) is -5.04. The van der Waals surface area contributed by atoms with Crippen molar-refractivity contribution in [1.29, 1.82) is 0 Å². The zero-order valence-electron chi connectivity index (χ0n) is 7.17. The van der Waals surface area contributed by atoms with Crippen molar-refractivity contribution in [2.45, 2.75) is 12.3 Å². The van der Waals surface area contributed by atoms with Gasteiger partial charge in [0.2, 0.25) is 0 Å². The van der Waals surface area contributed by atoms with Crippen molar-refractivity contribution in [3.05, 3.63) is 29.6 Å². The predicted octanol–water partition coefficient (Wildman–Crippen LogP) is 2.01. The van der Waals surface area contributed by atoms with Gasteiger partial charge in [0.05, 0.1) is 0 Å². The van der Waals surface area contributed by atoms with E-state index in [4.69, 9.17) is 10.2 Å². The van der Waals surface area contributed by atoms with Crippen LogP contribution < -0.4 is 0 Å². The van der Waals surface area contributed by atoms with Crippen LogP contribution in [-0.4, -0.2) is 16.8 Å². The number of aliphatic hydroxyl groups excluding tert-OH is 1. The van der Waals surface area contributed by atoms with Crippen molar-refractivity contribution in [1.82, 2.24) is 0 Å². The van der Waals surface area contributed by atoms with Gasteiger partial charge in [-0.05, 0) is 18.2 Å². The second-order valence-corrected chi connectivity index (χ2v) is 2.84. The zero-order valence-corrected chi connectivity index (χ0v) is 7.17. The number of rotatable bonds is 3. The molecule has 0 saturated heterocycles. The van der Waals surface area contributed by atoms with Gasteiger partial charge in [-0.2, -0.15) is 0 Å². The molecule has 2 N–H and O–H groups in total. The fourth-order valence-electron chi connectivity index (χ4n) is 1.02. The first-order valence-corrected chi connectivity index (χ1v) is 3.95. The molecule has 0 aliphatic rings. The highest BCUT2D eigenvalue weighted by molar-refractivity contribution is 5.30. The minimum Gasteiger partial charge on any atom is -0.505 e. The van der Waals surface area contributed by atoms with Gasteiger partial charge >= 0.3 is 0 Å². The van der Waals surface area contributed by atoms with E-state index in [9.17, 15) is 13.2 Å². The first-order chi connectivity index (χ1) is 6.47. The first-order valence-electron chi connectivity index (χ1n) is 3.95. The van der Waals surface area contributed by atoms with Crippen molar-refractivity contribution in [3.8, 4) is 5.75 Å². The van der Waals surface area contributed by atoms with E-state index in [0.29, 0.717) is 6.07 Å². The first kappa shape index (κ1) is 10.8. The summed E-state index contributed by atoms with van der Waals surface area (Å²) in [5.41, 5.74) is -0.554. The van der Waals surface area contributed by atoms with Crippen LogP contribution in [0.1, 0.15) is 12.0 Å². The van der Waals surface area contributed by atoms with E-state index in [1.54, 1.807) is 0 Å². The fourth-order valence-corrected chi connectivity index (χ4v) is 1.02. The van der Waals surface area contributed by atoms with Gasteiger partial charge in [-0.3, -0.25) is 0 Å². The van der Waals surface area contributed by atoms with Crippen LogP contribution in [-0.2, 0) is 5.92 Å². The molecule has 0 fully saturated rings. The van der Waals surface area contributed by atoms with Crippen molar-refractivity contribution in [3.63, 3.8) is 0 Å². The Bertz CT molecular complexity index is 326. The standard InChI is InChI=1S/C9H9F3O2/c10-7-5-6(1-2-8(7)14)9(11,12)3-4-13/h1-2,5,13-14H,3-4H2. The molecular formula is C9H9F3O2. The number of phenols is 1. The van der Waals surface area contributed by atoms with E-state index in [1.165, 1.54) is 0 Å². The summed E-state index contributed by atoms with van der Waals surface area (Å²) in [6, 6.07) is 2.34. The Morgan fingerprint density at radius 1 is 1.29 bits per heavy atom. The second-order valence-electron chi connectivity index (χ2n) is 2.84. The van der Waals surface area contributed by atoms with Gasteiger partial charge in [0.1, 0.15) is 0 Å². The van der Waals surface area contributed by atoms with Crippen LogP contribution in [0.25, 0.3) is 0 Å². The van der Waals surface area contributed by atoms with E-state index < -0.39 is 36.1 Å². The normalized spacial score (nSPS) is 11.7. The third-order valence-electron chi connectivity index (χ3n) is 1.80. The largest absolute Gasteiger partial charge is 0.505 e. The predicted molar refractivity (Wildman–Crippen MR) is 43.7 cm³/mol. The van der Waals surface area contributed by atoms with Gasteiger partial charge in [0.25, 0.3) is 5.92 Å². The molecule has 2 nitrogen and oxygen atoms in total. The molecule has 0 saturated carbocycles. The highest BCUT2D eigenvalue weighted by Gasteiger charge is 2.31. The summed E-state index contributed by atoms with van der Waals surface area (Å²) in [7, 11) is 0. The van der Waals surface area contributed by atoms with Crippen LogP contribution >= 0.6 is 0 Å². The van der Waals surface area contributed by atoms with Gasteiger partial charge in [-0.15, -0.1) is 0 Å². The Morgan fingerprint density at radius 2 is 1.93 bits per heavy atom. The maximum Gasteiger partial charge on any atom is 0.275 e. The van der Waals surface area contributed by atoms with Gasteiger partial charge in [0.15, 0.2) is 11.6 Å². The average molecular weight is 206 g/mol. The van der Waals surface area contributed by atoms with Crippen LogP contribution in [0.3, 0.4) is 0 Å². The molecule has 0 aliphatic heterocycles. The molecule has 1 aromatic carbocycles. The topological polar surface area (TPSA) is 40.5 Å². The monoisotopic (exact) mass is 206 g/mol. The molecule has 78 valence electrons. The van der Waals surface area contributed by atoms with E-state index >= 15 is 0 Å². The number of benzene rings is 1. The smallest absolute Gasteiger partial charge is 0.275 e. The van der Waals surface area contributed by atoms with E-state index in [-0.39, 0.29) is 0 Å². The summed E-state index contributed by atoms with van der Waals surface area (Å²) < 4.78 is 38.8. The van der Waals surface area contributed by atoms with Crippen molar-refractivity contribution in [2.75, 3.05) is 6.61 Å². The lowest BCUT2D eigenvalue weighted by molar-refractivity contribution is -0.0272. The molecular weight excluding hydrogens is 197 g/mol. The quantitative estimate of drug-likeness (QED) is 0.794. The lowest BCUT2D eigenvalue weighted by Crippen LogP contribution is -2.15. The van der Waals surface area contributed by atoms with Crippen molar-refractivity contribution in [2.24, 2.45) is 0 Å². The van der Waals surface area contributed by atoms with Crippen molar-refractivity contribution < 1.29 is 23.4 Å². The molecule has 0 heterocycles. The molecule has 0 aliphatic carbocycles. The number of hydrogen-bond donors (Lipinski definition) is 2. The van der Waals surface area contributed by atoms with Crippen LogP contribution in [0, 0.1) is 5.82 Å². The minimum atomic E-state index is -3.27. The highest BCUT2D eigenvalue weighted by Crippen LogP contribution is 2.33. The third kappa shape index (κ3) is 2.17. The van der Waals surface area contributed by atoms with Crippen molar-refractivity contribution >= 4 is 0 Å². The van der Waals surface area contributed by atoms with Crippen LogP contribution in [0.5, 0.6) is 5.75 Å². The van der Waals surface area contributed by atoms with Gasteiger partial charge < -0.3 is 10.2 Å². The third-order valence-corrected chi connectivity index (χ3v) is 1.80. The number of aliphatic hydroxyl groups is 1. The summed E-state index contributed by atoms with van der Waals surface area (Å²) in [4.78, 5) is 0. The molecule has 0 atom stereocenters. The zero-order chi connectivity index (χ0) is 10.8. The molecule has 14 heavy (non-hydrogen) atoms. The Balaban J connectivity index is 3.01. The summed E-state index contributed by atoms with van der Waals surface area (Å²) in [6.07, 6.45) is -0.767. The Hall–Kier alpha value is -1.23. The minimum absolute atomic E-state index is 0.554. The summed E-state index contributed by atoms with van der Waals surface area (Å²) in [5, 5.41) is 17.1. The summed E-state index contributed by atoms with van der Waals surface area (Å²) >= 11 is 0. The number of hydrogen-bond acceptors (Lipinski definition) is 2. The molecule has 0 radical (unpaired) electrons. The van der Waals surface area contributed by atoms with Crippen LogP contribution in [0.4, 0.5) is 13.2 Å². The molecule has 0 aromatic heterocycles. The Labute approximate surface area is 78.6 Å². The molecule has 0 amide bonds. The van der Waals surface area contributed by atoms with Gasteiger partial charge in [-0.1, -0.05) is 0 Å². The van der Waals surface area contributed by atoms with Gasteiger partial charge in [-0.25, -0.2) is 13.2 Å². The molecule has 0 unspecified atom stereocenters. The van der Waals surface area contributed by atoms with E-state index in [2.05, 4.69) is 0 Å². The van der Waals surface area contributed by atoms with E-state index in [0.717, 1.165) is 12.1 Å². The van der Waals surface area contributed by atoms with Gasteiger partial charge in [0, 0.05) is 18.6 Å². The molecule has 1 aromatic rings. The fraction of sp³-hybridized carbons (Fsp3) is 0.333. The number of halogens is 3. The second kappa shape index (κ2) is 3.88. The van der Waals surface area contributed by atoms with Crippen LogP contribution in [0.15, 0.2) is 18.2 Å². The molecule has 5 heteroatoms. The maximum atomic E-state index is 13.1. The Morgan fingerprint density at radius 3 is 2.43 bits per heavy atom. The Kier molecular flexibility index (Phi) is 3.00. The highest BCUT2D eigenvalue weighted by atomic mass is 19.3. The SMILES string of the molecule is OCCC(F)(F)c1ccc(O)c(F)c1. The molecule has 1 rings (SSSR count). The number of alkyl halides is 2. The summed E-state index contributed by atoms with van der Waals surface area (Å²) in [6.45, 7) is -0.685. The number of phenolic OH excluding ortho intramolecular Hbond substituents is 1.